The third kappa shape index (κ3) is 26.5. The van der Waals surface area contributed by atoms with Gasteiger partial charge in [0.1, 0.15) is 0 Å². The zero-order valence-corrected chi connectivity index (χ0v) is 29.1. The summed E-state index contributed by atoms with van der Waals surface area (Å²) in [7, 11) is 0. The van der Waals surface area contributed by atoms with Gasteiger partial charge < -0.3 is 52.5 Å². The summed E-state index contributed by atoms with van der Waals surface area (Å²) in [6, 6.07) is 0. The van der Waals surface area contributed by atoms with Crippen molar-refractivity contribution >= 4 is 0 Å². The van der Waals surface area contributed by atoms with E-state index in [0.717, 1.165) is 0 Å². The van der Waals surface area contributed by atoms with Gasteiger partial charge >= 0.3 is 0 Å². The smallest absolute Gasteiger partial charge is 0.0781 e. The molecule has 0 amide bonds. The minimum absolute atomic E-state index is 0.00106. The van der Waals surface area contributed by atoms with Gasteiger partial charge in [0, 0.05) is 6.61 Å². The van der Waals surface area contributed by atoms with Crippen molar-refractivity contribution in [1.29, 1.82) is 0 Å². The zero-order valence-electron chi connectivity index (χ0n) is 29.1. The maximum Gasteiger partial charge on any atom is 0.0781 e. The Balaban J connectivity index is 3.89. The third-order valence-electron chi connectivity index (χ3n) is 6.25. The van der Waals surface area contributed by atoms with Crippen LogP contribution in [0, 0.1) is 0 Å². The van der Waals surface area contributed by atoms with Crippen molar-refractivity contribution in [2.24, 2.45) is 0 Å². The predicted molar refractivity (Wildman–Crippen MR) is 167 cm³/mol. The summed E-state index contributed by atoms with van der Waals surface area (Å²) < 4.78 is 57.8. The van der Waals surface area contributed by atoms with Crippen LogP contribution in [0.1, 0.15) is 76.2 Å². The maximum absolute atomic E-state index is 9.02. The molecule has 0 aromatic rings. The highest BCUT2D eigenvalue weighted by Crippen LogP contribution is 2.06. The maximum atomic E-state index is 9.02. The first-order chi connectivity index (χ1) is 20.4. The Morgan fingerprint density at radius 2 is 0.465 bits per heavy atom. The Hall–Kier alpha value is -0.440. The van der Waals surface area contributed by atoms with Crippen LogP contribution < -0.4 is 0 Å². The molecular formula is C32H66O11. The number of ether oxygens (including phenoxy) is 10. The first kappa shape index (κ1) is 42.6. The van der Waals surface area contributed by atoms with Gasteiger partial charge in [0.05, 0.1) is 127 Å². The third-order valence-corrected chi connectivity index (χ3v) is 6.25. The lowest BCUT2D eigenvalue weighted by Crippen LogP contribution is -2.30. The molecule has 0 aromatic carbocycles. The van der Waals surface area contributed by atoms with E-state index in [-0.39, 0.29) is 67.6 Å². The molecule has 0 saturated carbocycles. The van der Waals surface area contributed by atoms with Gasteiger partial charge in [-0.3, -0.25) is 0 Å². The van der Waals surface area contributed by atoms with Crippen LogP contribution >= 0.6 is 0 Å². The van der Waals surface area contributed by atoms with Crippen molar-refractivity contribution < 1.29 is 52.5 Å². The Labute approximate surface area is 262 Å². The quantitative estimate of drug-likeness (QED) is 0.125. The van der Waals surface area contributed by atoms with Gasteiger partial charge in [-0.2, -0.15) is 0 Å². The minimum atomic E-state index is -0.190. The van der Waals surface area contributed by atoms with Crippen LogP contribution in [0.25, 0.3) is 0 Å². The molecule has 0 spiro atoms. The fraction of sp³-hybridized carbons (Fsp3) is 1.00. The molecule has 0 aromatic heterocycles. The largest absolute Gasteiger partial charge is 0.394 e. The summed E-state index contributed by atoms with van der Waals surface area (Å²) in [5, 5.41) is 9.02. The molecule has 11 nitrogen and oxygen atoms in total. The number of rotatable bonds is 30. The van der Waals surface area contributed by atoms with Crippen LogP contribution in [-0.4, -0.2) is 139 Å². The van der Waals surface area contributed by atoms with Gasteiger partial charge in [0.2, 0.25) is 0 Å². The first-order valence-corrected chi connectivity index (χ1v) is 16.1. The second kappa shape index (κ2) is 26.7. The second-order valence-corrected chi connectivity index (χ2v) is 11.7. The molecule has 0 aliphatic rings. The molecule has 0 aliphatic carbocycles. The van der Waals surface area contributed by atoms with Crippen molar-refractivity contribution in [3.05, 3.63) is 0 Å². The lowest BCUT2D eigenvalue weighted by atomic mass is 10.3. The Morgan fingerprint density at radius 1 is 0.302 bits per heavy atom. The standard InChI is InChI=1S/C32H66O11/c1-12-34-24(3)14-36-26(5)16-38-28(7)18-40-30(9)20-42-32(11)22-43-31(10)21-41-29(8)19-39-27(6)17-37-25(4)15-35-23(2)13-33/h23-33H,12-22H2,1-11H3. The fourth-order valence-electron chi connectivity index (χ4n) is 3.47. The minimum Gasteiger partial charge on any atom is -0.394 e. The van der Waals surface area contributed by atoms with Crippen LogP contribution in [0.2, 0.25) is 0 Å². The molecular weight excluding hydrogens is 560 g/mol. The first-order valence-electron chi connectivity index (χ1n) is 16.1. The van der Waals surface area contributed by atoms with Crippen molar-refractivity contribution in [3.8, 4) is 0 Å². The number of hydrogen-bond donors (Lipinski definition) is 1. The van der Waals surface area contributed by atoms with Gasteiger partial charge in [-0.05, 0) is 76.2 Å². The van der Waals surface area contributed by atoms with Crippen LogP contribution in [0.5, 0.6) is 0 Å². The lowest BCUT2D eigenvalue weighted by Gasteiger charge is -2.23. The number of aliphatic hydroxyl groups excluding tert-OH is 1. The van der Waals surface area contributed by atoms with E-state index in [0.29, 0.717) is 66.1 Å². The SMILES string of the molecule is CCOC(C)COC(C)COC(C)COC(C)COC(C)COC(C)COC(C)COC(C)COC(C)COC(C)CO. The van der Waals surface area contributed by atoms with Crippen LogP contribution in [0.4, 0.5) is 0 Å². The highest BCUT2D eigenvalue weighted by Gasteiger charge is 2.15. The number of hydrogen-bond acceptors (Lipinski definition) is 11. The molecule has 0 aliphatic heterocycles. The van der Waals surface area contributed by atoms with Gasteiger partial charge in [0.15, 0.2) is 0 Å². The van der Waals surface area contributed by atoms with Crippen molar-refractivity contribution in [2.75, 3.05) is 72.7 Å². The number of aliphatic hydroxyl groups is 1. The molecule has 10 unspecified atom stereocenters. The van der Waals surface area contributed by atoms with Crippen LogP contribution in [0.3, 0.4) is 0 Å². The van der Waals surface area contributed by atoms with Gasteiger partial charge in [0.25, 0.3) is 0 Å². The highest BCUT2D eigenvalue weighted by molar-refractivity contribution is 4.60. The van der Waals surface area contributed by atoms with Crippen molar-refractivity contribution in [2.45, 2.75) is 137 Å². The van der Waals surface area contributed by atoms with E-state index in [1.165, 1.54) is 0 Å². The molecule has 10 atom stereocenters. The Morgan fingerprint density at radius 3 is 0.628 bits per heavy atom. The summed E-state index contributed by atoms with van der Waals surface area (Å²) in [5.74, 6) is 0. The van der Waals surface area contributed by atoms with E-state index < -0.39 is 0 Å². The Bertz CT molecular complexity index is 614. The average molecular weight is 627 g/mol. The van der Waals surface area contributed by atoms with Crippen LogP contribution in [0.15, 0.2) is 0 Å². The van der Waals surface area contributed by atoms with Crippen molar-refractivity contribution in [1.82, 2.24) is 0 Å². The highest BCUT2D eigenvalue weighted by atomic mass is 16.6. The summed E-state index contributed by atoms with van der Waals surface area (Å²) >= 11 is 0. The molecule has 0 rings (SSSR count). The van der Waals surface area contributed by atoms with Crippen LogP contribution in [-0.2, 0) is 47.4 Å². The van der Waals surface area contributed by atoms with E-state index in [1.807, 2.05) is 76.2 Å². The normalized spacial score (nSPS) is 19.3. The van der Waals surface area contributed by atoms with E-state index >= 15 is 0 Å². The molecule has 0 fully saturated rings. The predicted octanol–water partition coefficient (Wildman–Crippen LogP) is 4.05. The van der Waals surface area contributed by atoms with Gasteiger partial charge in [-0.1, -0.05) is 0 Å². The summed E-state index contributed by atoms with van der Waals surface area (Å²) in [4.78, 5) is 0. The molecule has 1 N–H and O–H groups in total. The summed E-state index contributed by atoms with van der Waals surface area (Å²) in [5.41, 5.74) is 0. The lowest BCUT2D eigenvalue weighted by molar-refractivity contribution is -0.112. The molecule has 0 heterocycles. The van der Waals surface area contributed by atoms with Gasteiger partial charge in [-0.25, -0.2) is 0 Å². The molecule has 260 valence electrons. The molecule has 0 radical (unpaired) electrons. The van der Waals surface area contributed by atoms with E-state index in [4.69, 9.17) is 52.5 Å². The summed E-state index contributed by atoms with van der Waals surface area (Å²) in [6.07, 6.45) is -0.571. The zero-order chi connectivity index (χ0) is 32.6. The fourth-order valence-corrected chi connectivity index (χ4v) is 3.47. The average Bonchev–Trinajstić information content (AvgIpc) is 2.98. The molecule has 11 heteroatoms. The van der Waals surface area contributed by atoms with E-state index in [2.05, 4.69) is 0 Å². The van der Waals surface area contributed by atoms with E-state index in [1.54, 1.807) is 0 Å². The van der Waals surface area contributed by atoms with Gasteiger partial charge in [-0.15, -0.1) is 0 Å². The summed E-state index contributed by atoms with van der Waals surface area (Å²) in [6.45, 7) is 26.6. The van der Waals surface area contributed by atoms with Crippen molar-refractivity contribution in [3.63, 3.8) is 0 Å². The molecule has 43 heavy (non-hydrogen) atoms. The molecule has 0 saturated heterocycles. The Kier molecular flexibility index (Phi) is 26.5. The monoisotopic (exact) mass is 626 g/mol. The second-order valence-electron chi connectivity index (χ2n) is 11.7. The molecule has 0 bridgehead atoms. The topological polar surface area (TPSA) is 113 Å². The van der Waals surface area contributed by atoms with E-state index in [9.17, 15) is 0 Å².